The number of rotatable bonds is 9. The van der Waals surface area contributed by atoms with Gasteiger partial charge in [0.05, 0.1) is 18.6 Å². The highest BCUT2D eigenvalue weighted by Crippen LogP contribution is 2.13. The Kier molecular flexibility index (Phi) is 8.22. The lowest BCUT2D eigenvalue weighted by molar-refractivity contribution is -0.133. The van der Waals surface area contributed by atoms with E-state index < -0.39 is 12.1 Å². The van der Waals surface area contributed by atoms with Crippen molar-refractivity contribution >= 4 is 11.9 Å². The van der Waals surface area contributed by atoms with E-state index in [2.05, 4.69) is 0 Å². The van der Waals surface area contributed by atoms with Crippen LogP contribution in [0, 0.1) is 0 Å². The second-order valence-corrected chi connectivity index (χ2v) is 5.08. The maximum Gasteiger partial charge on any atom is 0.338 e. The fourth-order valence-corrected chi connectivity index (χ4v) is 2.22. The Hall–Kier alpha value is -1.88. The molecule has 0 aromatic heterocycles. The first-order valence-corrected chi connectivity index (χ1v) is 7.77. The van der Waals surface area contributed by atoms with Crippen LogP contribution >= 0.6 is 0 Å². The van der Waals surface area contributed by atoms with Gasteiger partial charge in [-0.15, -0.1) is 0 Å². The van der Waals surface area contributed by atoms with Crippen LogP contribution in [0.15, 0.2) is 30.3 Å². The van der Waals surface area contributed by atoms with Crippen molar-refractivity contribution in [2.75, 3.05) is 19.7 Å². The highest BCUT2D eigenvalue weighted by molar-refractivity contribution is 5.89. The zero-order valence-electron chi connectivity index (χ0n) is 13.3. The van der Waals surface area contributed by atoms with Gasteiger partial charge in [-0.1, -0.05) is 31.5 Å². The Bertz CT molecular complexity index is 461. The van der Waals surface area contributed by atoms with E-state index in [0.717, 1.165) is 6.42 Å². The third-order valence-electron chi connectivity index (χ3n) is 3.40. The summed E-state index contributed by atoms with van der Waals surface area (Å²) in [4.78, 5) is 25.8. The third-order valence-corrected chi connectivity index (χ3v) is 3.40. The van der Waals surface area contributed by atoms with Crippen molar-refractivity contribution in [3.63, 3.8) is 0 Å². The maximum atomic E-state index is 12.2. The molecule has 0 saturated heterocycles. The predicted octanol–water partition coefficient (Wildman–Crippen LogP) is 2.24. The molecule has 5 nitrogen and oxygen atoms in total. The summed E-state index contributed by atoms with van der Waals surface area (Å²) in [5.74, 6) is -0.507. The van der Waals surface area contributed by atoms with E-state index in [1.807, 2.05) is 19.9 Å². The number of likely N-dealkylation sites (N-methyl/N-ethyl adjacent to an activating group) is 1. The Labute approximate surface area is 131 Å². The van der Waals surface area contributed by atoms with E-state index in [1.54, 1.807) is 29.2 Å². The van der Waals surface area contributed by atoms with Crippen LogP contribution in [-0.4, -0.2) is 47.7 Å². The number of carbonyl (C=O) groups excluding carboxylic acids is 2. The molecule has 1 amide bonds. The second kappa shape index (κ2) is 9.95. The van der Waals surface area contributed by atoms with Gasteiger partial charge in [-0.2, -0.15) is 0 Å². The molecule has 0 aliphatic carbocycles. The van der Waals surface area contributed by atoms with E-state index in [9.17, 15) is 9.59 Å². The van der Waals surface area contributed by atoms with Crippen LogP contribution in [0.5, 0.6) is 0 Å². The number of aliphatic hydroxyl groups is 1. The number of amides is 1. The Balaban J connectivity index is 2.65. The summed E-state index contributed by atoms with van der Waals surface area (Å²) < 4.78 is 5.47. The van der Waals surface area contributed by atoms with Gasteiger partial charge in [0.1, 0.15) is 6.10 Å². The van der Waals surface area contributed by atoms with Crippen LogP contribution in [-0.2, 0) is 9.53 Å². The summed E-state index contributed by atoms with van der Waals surface area (Å²) in [7, 11) is 0. The molecule has 122 valence electrons. The molecule has 0 heterocycles. The number of carbonyl (C=O) groups is 2. The van der Waals surface area contributed by atoms with Gasteiger partial charge in [0.2, 0.25) is 5.91 Å². The van der Waals surface area contributed by atoms with Gasteiger partial charge in [0.15, 0.2) is 0 Å². The zero-order chi connectivity index (χ0) is 16.4. The van der Waals surface area contributed by atoms with E-state index in [1.165, 1.54) is 0 Å². The van der Waals surface area contributed by atoms with E-state index in [4.69, 9.17) is 9.84 Å². The molecule has 0 radical (unpaired) electrons. The molecule has 22 heavy (non-hydrogen) atoms. The van der Waals surface area contributed by atoms with Crippen molar-refractivity contribution in [3.8, 4) is 0 Å². The number of ether oxygens (including phenoxy) is 1. The molecule has 1 aromatic carbocycles. The number of hydrogen-bond donors (Lipinski definition) is 1. The molecule has 5 heteroatoms. The molecule has 1 atom stereocenters. The average molecular weight is 307 g/mol. The van der Waals surface area contributed by atoms with Gasteiger partial charge in [-0.3, -0.25) is 4.79 Å². The van der Waals surface area contributed by atoms with Gasteiger partial charge in [-0.25, -0.2) is 4.79 Å². The molecular formula is C17H25NO4. The van der Waals surface area contributed by atoms with E-state index in [0.29, 0.717) is 25.1 Å². The molecular weight excluding hydrogens is 282 g/mol. The lowest BCUT2D eigenvalue weighted by Gasteiger charge is -2.23. The lowest BCUT2D eigenvalue weighted by Crippen LogP contribution is -2.36. The van der Waals surface area contributed by atoms with Gasteiger partial charge in [0, 0.05) is 13.1 Å². The molecule has 1 aromatic rings. The predicted molar refractivity (Wildman–Crippen MR) is 84.5 cm³/mol. The molecule has 0 spiro atoms. The minimum absolute atomic E-state index is 0.0676. The van der Waals surface area contributed by atoms with Crippen molar-refractivity contribution in [1.29, 1.82) is 0 Å². The first-order valence-electron chi connectivity index (χ1n) is 7.77. The molecule has 0 aliphatic heterocycles. The fraction of sp³-hybridized carbons (Fsp3) is 0.529. The van der Waals surface area contributed by atoms with E-state index >= 15 is 0 Å². The molecule has 0 saturated carbocycles. The molecule has 0 fully saturated rings. The highest BCUT2D eigenvalue weighted by Gasteiger charge is 2.21. The van der Waals surface area contributed by atoms with Gasteiger partial charge in [0.25, 0.3) is 0 Å². The fourth-order valence-electron chi connectivity index (χ4n) is 2.22. The Morgan fingerprint density at radius 3 is 2.45 bits per heavy atom. The zero-order valence-corrected chi connectivity index (χ0v) is 13.3. The van der Waals surface area contributed by atoms with Crippen molar-refractivity contribution < 1.29 is 19.4 Å². The largest absolute Gasteiger partial charge is 0.458 e. The molecule has 0 aliphatic rings. The maximum absolute atomic E-state index is 12.2. The first-order chi connectivity index (χ1) is 10.6. The number of esters is 1. The molecule has 1 unspecified atom stereocenters. The lowest BCUT2D eigenvalue weighted by atomic mass is 10.1. The summed E-state index contributed by atoms with van der Waals surface area (Å²) in [6, 6.07) is 8.76. The molecule has 0 bridgehead atoms. The topological polar surface area (TPSA) is 66.8 Å². The summed E-state index contributed by atoms with van der Waals surface area (Å²) in [6.07, 6.45) is 1.19. The third kappa shape index (κ3) is 5.85. The SMILES string of the molecule is CCCC(CC(=O)N(CC)CCO)OC(=O)c1ccccc1. The van der Waals surface area contributed by atoms with Crippen molar-refractivity contribution in [3.05, 3.63) is 35.9 Å². The van der Waals surface area contributed by atoms with Crippen LogP contribution in [0.4, 0.5) is 0 Å². The van der Waals surface area contributed by atoms with Crippen LogP contribution < -0.4 is 0 Å². The van der Waals surface area contributed by atoms with Gasteiger partial charge >= 0.3 is 5.97 Å². The van der Waals surface area contributed by atoms with Crippen molar-refractivity contribution in [2.45, 2.75) is 39.2 Å². The van der Waals surface area contributed by atoms with Crippen LogP contribution in [0.1, 0.15) is 43.5 Å². The number of benzene rings is 1. The molecule has 1 rings (SSSR count). The normalized spacial score (nSPS) is 11.8. The number of aliphatic hydroxyl groups excluding tert-OH is 1. The van der Waals surface area contributed by atoms with Crippen molar-refractivity contribution in [2.24, 2.45) is 0 Å². The Morgan fingerprint density at radius 2 is 1.91 bits per heavy atom. The van der Waals surface area contributed by atoms with E-state index in [-0.39, 0.29) is 18.9 Å². The highest BCUT2D eigenvalue weighted by atomic mass is 16.5. The quantitative estimate of drug-likeness (QED) is 0.711. The molecule has 1 N–H and O–H groups in total. The summed E-state index contributed by atoms with van der Waals surface area (Å²) in [6.45, 7) is 4.62. The van der Waals surface area contributed by atoms with Gasteiger partial charge < -0.3 is 14.7 Å². The summed E-state index contributed by atoms with van der Waals surface area (Å²) in [5, 5.41) is 8.97. The van der Waals surface area contributed by atoms with Gasteiger partial charge in [-0.05, 0) is 25.5 Å². The van der Waals surface area contributed by atoms with Crippen LogP contribution in [0.25, 0.3) is 0 Å². The second-order valence-electron chi connectivity index (χ2n) is 5.08. The average Bonchev–Trinajstić information content (AvgIpc) is 2.53. The van der Waals surface area contributed by atoms with Crippen LogP contribution in [0.2, 0.25) is 0 Å². The first kappa shape index (κ1) is 18.2. The van der Waals surface area contributed by atoms with Crippen LogP contribution in [0.3, 0.4) is 0 Å². The summed E-state index contributed by atoms with van der Waals surface area (Å²) >= 11 is 0. The van der Waals surface area contributed by atoms with Crippen molar-refractivity contribution in [1.82, 2.24) is 4.90 Å². The minimum Gasteiger partial charge on any atom is -0.458 e. The monoisotopic (exact) mass is 307 g/mol. The minimum atomic E-state index is -0.432. The number of hydrogen-bond acceptors (Lipinski definition) is 4. The number of nitrogens with zero attached hydrogens (tertiary/aromatic N) is 1. The smallest absolute Gasteiger partial charge is 0.338 e. The summed E-state index contributed by atoms with van der Waals surface area (Å²) in [5.41, 5.74) is 0.485. The standard InChI is InChI=1S/C17H25NO4/c1-3-8-15(13-16(20)18(4-2)11-12-19)22-17(21)14-9-6-5-7-10-14/h5-7,9-10,15,19H,3-4,8,11-13H2,1-2H3. The Morgan fingerprint density at radius 1 is 1.23 bits per heavy atom.